The highest BCUT2D eigenvalue weighted by molar-refractivity contribution is 7.89. The number of carbonyl (C=O) groups excluding carboxylic acids is 1. The van der Waals surface area contributed by atoms with E-state index >= 15 is 0 Å². The Kier molecular flexibility index (Phi) is 6.04. The van der Waals surface area contributed by atoms with Gasteiger partial charge in [-0.1, -0.05) is 17.7 Å². The molecule has 4 rings (SSSR count). The minimum Gasteiger partial charge on any atom is -0.369 e. The van der Waals surface area contributed by atoms with Crippen molar-refractivity contribution in [1.82, 2.24) is 19.4 Å². The number of rotatable bonds is 7. The molecule has 0 unspecified atom stereocenters. The predicted molar refractivity (Wildman–Crippen MR) is 115 cm³/mol. The molecule has 0 spiro atoms. The second-order valence-corrected chi connectivity index (χ2v) is 10.0. The van der Waals surface area contributed by atoms with Gasteiger partial charge < -0.3 is 10.2 Å². The first-order chi connectivity index (χ1) is 14.4. The van der Waals surface area contributed by atoms with Crippen LogP contribution in [-0.4, -0.2) is 61.1 Å². The molecule has 0 radical (unpaired) electrons. The topological polar surface area (TPSA) is 87.5 Å². The van der Waals surface area contributed by atoms with E-state index in [1.54, 1.807) is 0 Å². The number of carbonyl (C=O) groups is 1. The number of nitrogens with one attached hydrogen (secondary N) is 1. The van der Waals surface area contributed by atoms with E-state index in [-0.39, 0.29) is 16.5 Å². The molecule has 1 aliphatic heterocycles. The van der Waals surface area contributed by atoms with E-state index in [9.17, 15) is 13.2 Å². The van der Waals surface area contributed by atoms with Crippen molar-refractivity contribution >= 4 is 33.2 Å². The van der Waals surface area contributed by atoms with Crippen molar-refractivity contribution in [3.8, 4) is 0 Å². The van der Waals surface area contributed by atoms with Crippen LogP contribution in [0.1, 0.15) is 30.1 Å². The summed E-state index contributed by atoms with van der Waals surface area (Å²) in [5.41, 5.74) is 1.09. The summed E-state index contributed by atoms with van der Waals surface area (Å²) >= 11 is 6.08. The molecule has 10 heteroatoms. The Bertz CT molecular complexity index is 1030. The Morgan fingerprint density at radius 3 is 2.60 bits per heavy atom. The molecule has 8 nitrogen and oxygen atoms in total. The summed E-state index contributed by atoms with van der Waals surface area (Å²) in [6, 6.07) is 7.52. The molecule has 2 aromatic rings. The molecular weight excluding hydrogens is 426 g/mol. The molecule has 1 aromatic heterocycles. The van der Waals surface area contributed by atoms with Crippen LogP contribution < -0.4 is 10.2 Å². The lowest BCUT2D eigenvalue weighted by molar-refractivity contribution is 0.0948. The van der Waals surface area contributed by atoms with E-state index in [0.717, 1.165) is 18.5 Å². The third kappa shape index (κ3) is 4.48. The Morgan fingerprint density at radius 2 is 1.97 bits per heavy atom. The molecule has 2 heterocycles. The van der Waals surface area contributed by atoms with Crippen LogP contribution in [0.5, 0.6) is 0 Å². The number of piperazine rings is 1. The lowest BCUT2D eigenvalue weighted by atomic mass is 10.2. The lowest BCUT2D eigenvalue weighted by Crippen LogP contribution is -2.49. The fourth-order valence-corrected chi connectivity index (χ4v) is 5.25. The van der Waals surface area contributed by atoms with Gasteiger partial charge in [0.25, 0.3) is 15.9 Å². The van der Waals surface area contributed by atoms with Crippen LogP contribution in [0.4, 0.5) is 5.69 Å². The van der Waals surface area contributed by atoms with E-state index in [2.05, 4.69) is 15.3 Å². The fourth-order valence-electron chi connectivity index (χ4n) is 3.55. The van der Waals surface area contributed by atoms with Gasteiger partial charge in [0.15, 0.2) is 0 Å². The number of benzene rings is 1. The summed E-state index contributed by atoms with van der Waals surface area (Å²) in [4.78, 5) is 14.8. The highest BCUT2D eigenvalue weighted by Crippen LogP contribution is 2.28. The van der Waals surface area contributed by atoms with Crippen LogP contribution in [-0.2, 0) is 16.6 Å². The normalized spacial score (nSPS) is 17.9. The summed E-state index contributed by atoms with van der Waals surface area (Å²) in [5, 5.41) is 7.56. The van der Waals surface area contributed by atoms with Crippen molar-refractivity contribution in [2.24, 2.45) is 5.92 Å². The van der Waals surface area contributed by atoms with Gasteiger partial charge >= 0.3 is 0 Å². The predicted octanol–water partition coefficient (Wildman–Crippen LogP) is 2.21. The van der Waals surface area contributed by atoms with E-state index in [0.29, 0.717) is 50.2 Å². The largest absolute Gasteiger partial charge is 0.369 e. The highest BCUT2D eigenvalue weighted by atomic mass is 35.5. The number of halogens is 1. The number of aryl methyl sites for hydroxylation is 1. The maximum absolute atomic E-state index is 13.3. The number of hydrogen-bond acceptors (Lipinski definition) is 5. The molecule has 0 bridgehead atoms. The number of aromatic nitrogens is 2. The Morgan fingerprint density at radius 1 is 1.23 bits per heavy atom. The first kappa shape index (κ1) is 21.1. The van der Waals surface area contributed by atoms with Crippen molar-refractivity contribution in [3.63, 3.8) is 0 Å². The van der Waals surface area contributed by atoms with Gasteiger partial charge in [0.1, 0.15) is 0 Å². The van der Waals surface area contributed by atoms with Gasteiger partial charge in [-0.25, -0.2) is 8.42 Å². The van der Waals surface area contributed by atoms with Crippen molar-refractivity contribution in [1.29, 1.82) is 0 Å². The fraction of sp³-hybridized carbons (Fsp3) is 0.500. The number of hydrogen-bond donors (Lipinski definition) is 1. The SMILES string of the molecule is CCn1cc(C(=O)NCC2CC2)c(S(=O)(=O)N2CCN(c3cccc(Cl)c3)CC2)n1. The Balaban J connectivity index is 1.50. The first-order valence-corrected chi connectivity index (χ1v) is 12.1. The molecule has 1 aromatic carbocycles. The van der Waals surface area contributed by atoms with Gasteiger partial charge in [0, 0.05) is 56.2 Å². The van der Waals surface area contributed by atoms with Gasteiger partial charge in [-0.3, -0.25) is 9.48 Å². The third-order valence-corrected chi connectivity index (χ3v) is 7.61. The number of sulfonamides is 1. The average Bonchev–Trinajstić information content (AvgIpc) is 3.47. The zero-order chi connectivity index (χ0) is 21.3. The summed E-state index contributed by atoms with van der Waals surface area (Å²) in [6.07, 6.45) is 3.74. The molecule has 1 aliphatic carbocycles. The van der Waals surface area contributed by atoms with Gasteiger partial charge in [-0.15, -0.1) is 0 Å². The summed E-state index contributed by atoms with van der Waals surface area (Å²) in [5.74, 6) is 0.132. The monoisotopic (exact) mass is 451 g/mol. The number of nitrogens with zero attached hydrogens (tertiary/aromatic N) is 4. The maximum atomic E-state index is 13.3. The smallest absolute Gasteiger partial charge is 0.263 e. The van der Waals surface area contributed by atoms with Crippen LogP contribution in [0, 0.1) is 5.92 Å². The van der Waals surface area contributed by atoms with E-state index in [1.165, 1.54) is 15.2 Å². The van der Waals surface area contributed by atoms with Gasteiger partial charge in [-0.05, 0) is 43.9 Å². The second-order valence-electron chi connectivity index (χ2n) is 7.73. The lowest BCUT2D eigenvalue weighted by Gasteiger charge is -2.35. The summed E-state index contributed by atoms with van der Waals surface area (Å²) < 4.78 is 29.6. The molecule has 1 N–H and O–H groups in total. The quantitative estimate of drug-likeness (QED) is 0.697. The minimum atomic E-state index is -3.88. The number of anilines is 1. The molecule has 1 amide bonds. The van der Waals surface area contributed by atoms with Crippen LogP contribution in [0.15, 0.2) is 35.5 Å². The molecule has 1 saturated carbocycles. The summed E-state index contributed by atoms with van der Waals surface area (Å²) in [7, 11) is -3.88. The van der Waals surface area contributed by atoms with Crippen molar-refractivity contribution in [2.45, 2.75) is 31.3 Å². The molecule has 2 fully saturated rings. The molecule has 2 aliphatic rings. The zero-order valence-corrected chi connectivity index (χ0v) is 18.5. The number of amides is 1. The minimum absolute atomic E-state index is 0.120. The average molecular weight is 452 g/mol. The Labute approximate surface area is 181 Å². The molecule has 0 atom stereocenters. The molecule has 30 heavy (non-hydrogen) atoms. The van der Waals surface area contributed by atoms with Crippen molar-refractivity contribution in [2.75, 3.05) is 37.6 Å². The first-order valence-electron chi connectivity index (χ1n) is 10.2. The molecule has 162 valence electrons. The van der Waals surface area contributed by atoms with Gasteiger partial charge in [0.05, 0.1) is 5.56 Å². The van der Waals surface area contributed by atoms with Crippen LogP contribution in [0.2, 0.25) is 5.02 Å². The van der Waals surface area contributed by atoms with Crippen molar-refractivity contribution in [3.05, 3.63) is 41.0 Å². The van der Waals surface area contributed by atoms with Gasteiger partial charge in [-0.2, -0.15) is 9.40 Å². The Hall–Kier alpha value is -2.10. The van der Waals surface area contributed by atoms with Crippen molar-refractivity contribution < 1.29 is 13.2 Å². The van der Waals surface area contributed by atoms with Crippen LogP contribution >= 0.6 is 11.6 Å². The third-order valence-electron chi connectivity index (χ3n) is 5.54. The van der Waals surface area contributed by atoms with Crippen LogP contribution in [0.3, 0.4) is 0 Å². The van der Waals surface area contributed by atoms with Crippen LogP contribution in [0.25, 0.3) is 0 Å². The second kappa shape index (κ2) is 8.56. The molecular formula is C20H26ClN5O3S. The van der Waals surface area contributed by atoms with E-state index < -0.39 is 10.0 Å². The standard InChI is InChI=1S/C20H26ClN5O3S/c1-2-25-14-18(19(27)22-13-15-6-7-15)20(23-25)30(28,29)26-10-8-24(9-11-26)17-5-3-4-16(21)12-17/h3-5,12,14-15H,2,6-11,13H2,1H3,(H,22,27). The maximum Gasteiger partial charge on any atom is 0.263 e. The molecule has 1 saturated heterocycles. The highest BCUT2D eigenvalue weighted by Gasteiger charge is 2.35. The van der Waals surface area contributed by atoms with E-state index in [4.69, 9.17) is 11.6 Å². The van der Waals surface area contributed by atoms with E-state index in [1.807, 2.05) is 31.2 Å². The zero-order valence-electron chi connectivity index (χ0n) is 16.9. The van der Waals surface area contributed by atoms with Gasteiger partial charge in [0.2, 0.25) is 5.03 Å². The summed E-state index contributed by atoms with van der Waals surface area (Å²) in [6.45, 7) is 4.64.